The zero-order valence-electron chi connectivity index (χ0n) is 15.8. The number of hydrogen-bond acceptors (Lipinski definition) is 5. The van der Waals surface area contributed by atoms with Gasteiger partial charge in [-0.15, -0.1) is 11.3 Å². The number of carbonyl (C=O) groups is 1. The van der Waals surface area contributed by atoms with Gasteiger partial charge in [-0.2, -0.15) is 0 Å². The van der Waals surface area contributed by atoms with Gasteiger partial charge in [-0.25, -0.2) is 13.4 Å². The summed E-state index contributed by atoms with van der Waals surface area (Å²) in [6.07, 6.45) is 4.28. The largest absolute Gasteiger partial charge is 0.352 e. The molecule has 2 atom stereocenters. The van der Waals surface area contributed by atoms with Gasteiger partial charge in [0.05, 0.1) is 11.4 Å². The van der Waals surface area contributed by atoms with Crippen LogP contribution in [0.25, 0.3) is 10.6 Å². The third kappa shape index (κ3) is 5.62. The van der Waals surface area contributed by atoms with Gasteiger partial charge >= 0.3 is 0 Å². The number of thiazole rings is 1. The van der Waals surface area contributed by atoms with Crippen molar-refractivity contribution in [1.82, 2.24) is 10.3 Å². The Balaban J connectivity index is 1.59. The standard InChI is InChI=1S/C20H26N2O3S2/c1-14-7-9-16(10-8-14)20-21-17(11-26-20)12-27(24,25)13-19(23)22-18-6-4-3-5-15(18)2/h7-11,15,18H,3-6,12-13H2,1-2H3,(H,22,23). The zero-order chi connectivity index (χ0) is 19.4. The topological polar surface area (TPSA) is 76.1 Å². The SMILES string of the molecule is Cc1ccc(-c2nc(CS(=O)(=O)CC(=O)NC3CCCCC3C)cs2)cc1. The van der Waals surface area contributed by atoms with Crippen molar-refractivity contribution in [3.8, 4) is 10.6 Å². The van der Waals surface area contributed by atoms with Crippen LogP contribution in [0.5, 0.6) is 0 Å². The second kappa shape index (κ2) is 8.52. The molecule has 1 heterocycles. The number of benzene rings is 1. The number of rotatable bonds is 6. The van der Waals surface area contributed by atoms with Crippen LogP contribution in [0.15, 0.2) is 29.6 Å². The summed E-state index contributed by atoms with van der Waals surface area (Å²) in [5.41, 5.74) is 2.63. The summed E-state index contributed by atoms with van der Waals surface area (Å²) < 4.78 is 24.9. The van der Waals surface area contributed by atoms with E-state index >= 15 is 0 Å². The highest BCUT2D eigenvalue weighted by molar-refractivity contribution is 7.91. The Bertz CT molecular complexity index is 888. The van der Waals surface area contributed by atoms with E-state index in [4.69, 9.17) is 0 Å². The molecule has 5 nitrogen and oxygen atoms in total. The van der Waals surface area contributed by atoms with Crippen molar-refractivity contribution in [2.45, 2.75) is 51.3 Å². The van der Waals surface area contributed by atoms with Gasteiger partial charge in [0.15, 0.2) is 9.84 Å². The molecule has 1 amide bonds. The minimum atomic E-state index is -3.55. The fourth-order valence-corrected chi connectivity index (χ4v) is 5.57. The first kappa shape index (κ1) is 20.0. The molecule has 146 valence electrons. The number of aromatic nitrogens is 1. The van der Waals surface area contributed by atoms with Crippen molar-refractivity contribution in [3.05, 3.63) is 40.9 Å². The number of sulfone groups is 1. The molecule has 1 N–H and O–H groups in total. The van der Waals surface area contributed by atoms with Crippen molar-refractivity contribution >= 4 is 27.1 Å². The van der Waals surface area contributed by atoms with E-state index in [1.54, 1.807) is 5.38 Å². The Labute approximate surface area is 165 Å². The third-order valence-corrected chi connectivity index (χ3v) is 7.40. The molecule has 1 aliphatic carbocycles. The Hall–Kier alpha value is -1.73. The Morgan fingerprint density at radius 2 is 1.93 bits per heavy atom. The van der Waals surface area contributed by atoms with Crippen molar-refractivity contribution in [2.24, 2.45) is 5.92 Å². The summed E-state index contributed by atoms with van der Waals surface area (Å²) in [6.45, 7) is 4.13. The van der Waals surface area contributed by atoms with Crippen LogP contribution in [0, 0.1) is 12.8 Å². The number of aryl methyl sites for hydroxylation is 1. The van der Waals surface area contributed by atoms with E-state index in [2.05, 4.69) is 17.2 Å². The number of carbonyl (C=O) groups excluding carboxylic acids is 1. The molecule has 2 unspecified atom stereocenters. The minimum absolute atomic E-state index is 0.0915. The average Bonchev–Trinajstić information content (AvgIpc) is 3.04. The van der Waals surface area contributed by atoms with Crippen molar-refractivity contribution in [2.75, 3.05) is 5.75 Å². The van der Waals surface area contributed by atoms with Gasteiger partial charge < -0.3 is 5.32 Å². The van der Waals surface area contributed by atoms with Crippen LogP contribution in [-0.4, -0.2) is 31.1 Å². The van der Waals surface area contributed by atoms with Gasteiger partial charge in [0, 0.05) is 17.0 Å². The Morgan fingerprint density at radius 1 is 1.22 bits per heavy atom. The third-order valence-electron chi connectivity index (χ3n) is 5.03. The highest BCUT2D eigenvalue weighted by Gasteiger charge is 2.25. The van der Waals surface area contributed by atoms with E-state index in [0.29, 0.717) is 11.6 Å². The lowest BCUT2D eigenvalue weighted by atomic mass is 9.86. The van der Waals surface area contributed by atoms with Crippen LogP contribution >= 0.6 is 11.3 Å². The Morgan fingerprint density at radius 3 is 2.63 bits per heavy atom. The van der Waals surface area contributed by atoms with Crippen molar-refractivity contribution in [3.63, 3.8) is 0 Å². The number of nitrogens with zero attached hydrogens (tertiary/aromatic N) is 1. The van der Waals surface area contributed by atoms with Gasteiger partial charge in [0.1, 0.15) is 10.8 Å². The molecule has 1 aromatic carbocycles. The summed E-state index contributed by atoms with van der Waals surface area (Å²) >= 11 is 1.42. The first-order valence-electron chi connectivity index (χ1n) is 9.33. The van der Waals surface area contributed by atoms with Crippen molar-refractivity contribution < 1.29 is 13.2 Å². The molecule has 1 fully saturated rings. The second-order valence-corrected chi connectivity index (χ2v) is 10.4. The average molecular weight is 407 g/mol. The monoisotopic (exact) mass is 406 g/mol. The number of amides is 1. The van der Waals surface area contributed by atoms with Crippen LogP contribution in [0.3, 0.4) is 0 Å². The van der Waals surface area contributed by atoms with E-state index in [0.717, 1.165) is 35.4 Å². The van der Waals surface area contributed by atoms with E-state index in [1.807, 2.05) is 31.2 Å². The normalized spacial score (nSPS) is 20.4. The summed E-state index contributed by atoms with van der Waals surface area (Å²) in [5, 5.41) is 5.46. The Kier molecular flexibility index (Phi) is 6.32. The molecule has 2 aromatic rings. The maximum absolute atomic E-state index is 12.4. The highest BCUT2D eigenvalue weighted by Crippen LogP contribution is 2.25. The second-order valence-electron chi connectivity index (χ2n) is 7.48. The van der Waals surface area contributed by atoms with Gasteiger partial charge in [-0.05, 0) is 25.7 Å². The van der Waals surface area contributed by atoms with Gasteiger partial charge in [0.25, 0.3) is 0 Å². The fraction of sp³-hybridized carbons (Fsp3) is 0.500. The lowest BCUT2D eigenvalue weighted by Gasteiger charge is -2.29. The molecule has 0 radical (unpaired) electrons. The molecular weight excluding hydrogens is 380 g/mol. The fourth-order valence-electron chi connectivity index (χ4n) is 3.46. The zero-order valence-corrected chi connectivity index (χ0v) is 17.4. The van der Waals surface area contributed by atoms with E-state index in [9.17, 15) is 13.2 Å². The highest BCUT2D eigenvalue weighted by atomic mass is 32.2. The maximum Gasteiger partial charge on any atom is 0.235 e. The maximum atomic E-state index is 12.4. The van der Waals surface area contributed by atoms with Gasteiger partial charge in [-0.3, -0.25) is 4.79 Å². The van der Waals surface area contributed by atoms with Crippen LogP contribution in [-0.2, 0) is 20.4 Å². The van der Waals surface area contributed by atoms with E-state index < -0.39 is 21.5 Å². The summed E-state index contributed by atoms with van der Waals surface area (Å²) in [6, 6.07) is 8.05. The number of hydrogen-bond donors (Lipinski definition) is 1. The molecule has 0 saturated heterocycles. The molecule has 27 heavy (non-hydrogen) atoms. The first-order valence-corrected chi connectivity index (χ1v) is 12.0. The molecule has 7 heteroatoms. The molecule has 0 bridgehead atoms. The first-order chi connectivity index (χ1) is 12.8. The van der Waals surface area contributed by atoms with Crippen LogP contribution in [0.2, 0.25) is 0 Å². The molecule has 0 aliphatic heterocycles. The van der Waals surface area contributed by atoms with E-state index in [1.165, 1.54) is 17.8 Å². The predicted molar refractivity (Wildman–Crippen MR) is 109 cm³/mol. The molecule has 1 saturated carbocycles. The smallest absolute Gasteiger partial charge is 0.235 e. The number of nitrogens with one attached hydrogen (secondary N) is 1. The van der Waals surface area contributed by atoms with E-state index in [-0.39, 0.29) is 11.8 Å². The lowest BCUT2D eigenvalue weighted by molar-refractivity contribution is -0.119. The van der Waals surface area contributed by atoms with Gasteiger partial charge in [0.2, 0.25) is 5.91 Å². The van der Waals surface area contributed by atoms with Crippen LogP contribution < -0.4 is 5.32 Å². The van der Waals surface area contributed by atoms with Crippen molar-refractivity contribution in [1.29, 1.82) is 0 Å². The predicted octanol–water partition coefficient (Wildman–Crippen LogP) is 3.73. The molecular formula is C20H26N2O3S2. The summed E-state index contributed by atoms with van der Waals surface area (Å²) in [7, 11) is -3.55. The molecule has 1 aromatic heterocycles. The van der Waals surface area contributed by atoms with Crippen LogP contribution in [0.1, 0.15) is 43.9 Å². The van der Waals surface area contributed by atoms with Crippen LogP contribution in [0.4, 0.5) is 0 Å². The molecule has 0 spiro atoms. The minimum Gasteiger partial charge on any atom is -0.352 e. The summed E-state index contributed by atoms with van der Waals surface area (Å²) in [5.74, 6) is -0.680. The van der Waals surface area contributed by atoms with Gasteiger partial charge in [-0.1, -0.05) is 49.6 Å². The molecule has 3 rings (SSSR count). The quantitative estimate of drug-likeness (QED) is 0.793. The lowest BCUT2D eigenvalue weighted by Crippen LogP contribution is -2.43. The summed E-state index contributed by atoms with van der Waals surface area (Å²) in [4.78, 5) is 16.7. The molecule has 1 aliphatic rings.